The van der Waals surface area contributed by atoms with Gasteiger partial charge in [-0.3, -0.25) is 0 Å². The summed E-state index contributed by atoms with van der Waals surface area (Å²) in [5.41, 5.74) is 7.45. The zero-order valence-corrected chi connectivity index (χ0v) is 12.2. The van der Waals surface area contributed by atoms with Crippen molar-refractivity contribution in [3.63, 3.8) is 0 Å². The summed E-state index contributed by atoms with van der Waals surface area (Å²) in [6.07, 6.45) is 2.16. The fourth-order valence-electron chi connectivity index (χ4n) is 3.38. The number of ether oxygens (including phenoxy) is 2. The predicted octanol–water partition coefficient (Wildman–Crippen LogP) is 2.99. The van der Waals surface area contributed by atoms with E-state index in [0.29, 0.717) is 0 Å². The first kappa shape index (κ1) is 13.6. The van der Waals surface area contributed by atoms with Crippen LogP contribution < -0.4 is 0 Å². The molecule has 1 aromatic rings. The van der Waals surface area contributed by atoms with Crippen molar-refractivity contribution >= 4 is 0 Å². The van der Waals surface area contributed by atoms with Gasteiger partial charge in [0, 0.05) is 19.6 Å². The normalized spacial score (nSPS) is 16.9. The molecule has 1 aromatic carbocycles. The first-order chi connectivity index (χ1) is 8.53. The molecule has 0 saturated carbocycles. The number of rotatable bonds is 4. The lowest BCUT2D eigenvalue weighted by Crippen LogP contribution is -2.32. The van der Waals surface area contributed by atoms with Crippen molar-refractivity contribution in [2.45, 2.75) is 33.6 Å². The summed E-state index contributed by atoms with van der Waals surface area (Å²) in [6, 6.07) is 2.31. The number of aryl methyl sites for hydroxylation is 2. The van der Waals surface area contributed by atoms with E-state index in [1.807, 2.05) is 0 Å². The summed E-state index contributed by atoms with van der Waals surface area (Å²) in [6.45, 7) is 8.21. The molecule has 2 rings (SSSR count). The quantitative estimate of drug-likeness (QED) is 0.815. The fraction of sp³-hybridized carbons (Fsp3) is 0.625. The second-order valence-electron chi connectivity index (χ2n) is 5.81. The third-order valence-corrected chi connectivity index (χ3v) is 4.32. The molecular weight excluding hydrogens is 224 g/mol. The molecule has 0 atom stereocenters. The van der Waals surface area contributed by atoms with Gasteiger partial charge < -0.3 is 9.47 Å². The molecule has 18 heavy (non-hydrogen) atoms. The summed E-state index contributed by atoms with van der Waals surface area (Å²) in [5.74, 6) is 0. The van der Waals surface area contributed by atoms with E-state index in [1.54, 1.807) is 14.2 Å². The zero-order chi connectivity index (χ0) is 13.3. The largest absolute Gasteiger partial charge is 0.384 e. The molecule has 0 heterocycles. The summed E-state index contributed by atoms with van der Waals surface area (Å²) in [4.78, 5) is 0. The van der Waals surface area contributed by atoms with E-state index in [2.05, 4.69) is 26.8 Å². The lowest BCUT2D eigenvalue weighted by molar-refractivity contribution is 0.0167. The standard InChI is InChI=1S/C16H24O2/c1-11-6-12(2)14-7-16(9-17-4,10-18-5)8-15(14)13(11)3/h6H,7-10H2,1-5H3. The average molecular weight is 248 g/mol. The number of fused-ring (bicyclic) bond motifs is 1. The highest BCUT2D eigenvalue weighted by atomic mass is 16.5. The van der Waals surface area contributed by atoms with Gasteiger partial charge in [0.05, 0.1) is 13.2 Å². The van der Waals surface area contributed by atoms with E-state index in [1.165, 1.54) is 27.8 Å². The second-order valence-corrected chi connectivity index (χ2v) is 5.81. The summed E-state index contributed by atoms with van der Waals surface area (Å²) < 4.78 is 10.9. The van der Waals surface area contributed by atoms with E-state index in [4.69, 9.17) is 9.47 Å². The first-order valence-corrected chi connectivity index (χ1v) is 6.59. The van der Waals surface area contributed by atoms with Crippen molar-refractivity contribution < 1.29 is 9.47 Å². The van der Waals surface area contributed by atoms with Crippen molar-refractivity contribution in [3.05, 3.63) is 33.9 Å². The second kappa shape index (κ2) is 5.02. The monoisotopic (exact) mass is 248 g/mol. The highest BCUT2D eigenvalue weighted by Crippen LogP contribution is 2.41. The van der Waals surface area contributed by atoms with Gasteiger partial charge in [-0.1, -0.05) is 6.07 Å². The van der Waals surface area contributed by atoms with Gasteiger partial charge in [-0.15, -0.1) is 0 Å². The average Bonchev–Trinajstić information content (AvgIpc) is 2.68. The number of hydrogen-bond acceptors (Lipinski definition) is 2. The van der Waals surface area contributed by atoms with E-state index in [9.17, 15) is 0 Å². The van der Waals surface area contributed by atoms with Gasteiger partial charge in [-0.25, -0.2) is 0 Å². The molecule has 0 amide bonds. The molecule has 0 aliphatic heterocycles. The number of benzene rings is 1. The first-order valence-electron chi connectivity index (χ1n) is 6.59. The molecule has 1 aliphatic rings. The zero-order valence-electron chi connectivity index (χ0n) is 12.2. The Hall–Kier alpha value is -0.860. The van der Waals surface area contributed by atoms with Crippen LogP contribution in [0.4, 0.5) is 0 Å². The van der Waals surface area contributed by atoms with Crippen LogP contribution in [0.2, 0.25) is 0 Å². The van der Waals surface area contributed by atoms with E-state index < -0.39 is 0 Å². The van der Waals surface area contributed by atoms with Gasteiger partial charge >= 0.3 is 0 Å². The maximum Gasteiger partial charge on any atom is 0.0547 e. The minimum Gasteiger partial charge on any atom is -0.384 e. The van der Waals surface area contributed by atoms with Crippen LogP contribution in [0, 0.1) is 26.2 Å². The topological polar surface area (TPSA) is 18.5 Å². The summed E-state index contributed by atoms with van der Waals surface area (Å²) >= 11 is 0. The Balaban J connectivity index is 2.41. The maximum absolute atomic E-state index is 5.44. The van der Waals surface area contributed by atoms with Crippen LogP contribution >= 0.6 is 0 Å². The van der Waals surface area contributed by atoms with E-state index in [-0.39, 0.29) is 5.41 Å². The van der Waals surface area contributed by atoms with E-state index >= 15 is 0 Å². The van der Waals surface area contributed by atoms with Gasteiger partial charge in [0.25, 0.3) is 0 Å². The summed E-state index contributed by atoms with van der Waals surface area (Å²) in [7, 11) is 3.57. The molecular formula is C16H24O2. The van der Waals surface area contributed by atoms with Gasteiger partial charge in [0.2, 0.25) is 0 Å². The summed E-state index contributed by atoms with van der Waals surface area (Å²) in [5, 5.41) is 0. The van der Waals surface area contributed by atoms with Crippen LogP contribution in [-0.4, -0.2) is 27.4 Å². The molecule has 2 nitrogen and oxygen atoms in total. The SMILES string of the molecule is COCC1(COC)Cc2c(C)cc(C)c(C)c2C1. The van der Waals surface area contributed by atoms with Gasteiger partial charge in [0.1, 0.15) is 0 Å². The van der Waals surface area contributed by atoms with Crippen molar-refractivity contribution in [2.75, 3.05) is 27.4 Å². The van der Waals surface area contributed by atoms with Crippen molar-refractivity contribution in [1.29, 1.82) is 0 Å². The van der Waals surface area contributed by atoms with Crippen LogP contribution in [0.5, 0.6) is 0 Å². The van der Waals surface area contributed by atoms with Crippen LogP contribution in [0.15, 0.2) is 6.07 Å². The lowest BCUT2D eigenvalue weighted by Gasteiger charge is -2.27. The molecule has 0 aromatic heterocycles. The molecule has 1 aliphatic carbocycles. The van der Waals surface area contributed by atoms with Crippen molar-refractivity contribution in [1.82, 2.24) is 0 Å². The smallest absolute Gasteiger partial charge is 0.0547 e. The maximum atomic E-state index is 5.44. The Bertz CT molecular complexity index is 443. The molecule has 0 bridgehead atoms. The third kappa shape index (κ3) is 2.19. The number of hydrogen-bond donors (Lipinski definition) is 0. The molecule has 0 unspecified atom stereocenters. The lowest BCUT2D eigenvalue weighted by atomic mass is 9.86. The number of methoxy groups -OCH3 is 2. The molecule has 100 valence electrons. The van der Waals surface area contributed by atoms with Crippen LogP contribution in [-0.2, 0) is 22.3 Å². The Morgan fingerprint density at radius 2 is 1.50 bits per heavy atom. The van der Waals surface area contributed by atoms with Gasteiger partial charge in [0.15, 0.2) is 0 Å². The van der Waals surface area contributed by atoms with Crippen molar-refractivity contribution in [3.8, 4) is 0 Å². The molecule has 0 fully saturated rings. The minimum absolute atomic E-state index is 0.134. The van der Waals surface area contributed by atoms with Crippen LogP contribution in [0.1, 0.15) is 27.8 Å². The minimum atomic E-state index is 0.134. The third-order valence-electron chi connectivity index (χ3n) is 4.32. The van der Waals surface area contributed by atoms with Gasteiger partial charge in [-0.2, -0.15) is 0 Å². The van der Waals surface area contributed by atoms with Gasteiger partial charge in [-0.05, 0) is 61.4 Å². The predicted molar refractivity (Wildman–Crippen MR) is 74.2 cm³/mol. The Kier molecular flexibility index (Phi) is 3.79. The molecule has 0 N–H and O–H groups in total. The molecule has 0 spiro atoms. The Labute approximate surface area is 110 Å². The Morgan fingerprint density at radius 1 is 0.944 bits per heavy atom. The highest BCUT2D eigenvalue weighted by Gasteiger charge is 2.39. The Morgan fingerprint density at radius 3 is 2.06 bits per heavy atom. The van der Waals surface area contributed by atoms with Crippen molar-refractivity contribution in [2.24, 2.45) is 5.41 Å². The van der Waals surface area contributed by atoms with E-state index in [0.717, 1.165) is 26.1 Å². The fourth-order valence-corrected chi connectivity index (χ4v) is 3.38. The van der Waals surface area contributed by atoms with Crippen LogP contribution in [0.25, 0.3) is 0 Å². The molecule has 2 heteroatoms. The van der Waals surface area contributed by atoms with Crippen LogP contribution in [0.3, 0.4) is 0 Å². The molecule has 0 radical (unpaired) electrons. The molecule has 0 saturated heterocycles. The highest BCUT2D eigenvalue weighted by molar-refractivity contribution is 5.48.